The summed E-state index contributed by atoms with van der Waals surface area (Å²) >= 11 is 0. The number of carbonyl (C=O) groups excluding carboxylic acids is 2. The molecule has 1 fully saturated rings. The normalized spacial score (nSPS) is 20.2. The molecule has 0 N–H and O–H groups in total. The second-order valence-electron chi connectivity index (χ2n) is 5.66. The average Bonchev–Trinajstić information content (AvgIpc) is 2.92. The summed E-state index contributed by atoms with van der Waals surface area (Å²) in [6.45, 7) is 1.25. The van der Waals surface area contributed by atoms with E-state index in [9.17, 15) is 18.0 Å². The number of methoxy groups -OCH3 is 1. The Balaban J connectivity index is 2.12. The standard InChI is InChI=1S/C16H21NO6S/c1-12(16(19)22-2)17(13-8-9-24(20,21)11-13)15(18)10-23-14-6-4-3-5-7-14/h3-7,12-13H,8-11H2,1-2H3/t12-,13+/m0/s1. The van der Waals surface area contributed by atoms with Crippen LogP contribution in [0.2, 0.25) is 0 Å². The summed E-state index contributed by atoms with van der Waals surface area (Å²) in [5.74, 6) is -0.651. The van der Waals surface area contributed by atoms with Crippen molar-refractivity contribution in [3.8, 4) is 5.75 Å². The Kier molecular flexibility index (Phi) is 5.82. The molecule has 0 saturated carbocycles. The molecule has 1 aliphatic heterocycles. The van der Waals surface area contributed by atoms with Gasteiger partial charge in [-0.3, -0.25) is 4.79 Å². The Hall–Kier alpha value is -2.09. The molecule has 1 aromatic rings. The minimum absolute atomic E-state index is 0.00881. The van der Waals surface area contributed by atoms with Crippen molar-refractivity contribution in [1.82, 2.24) is 4.90 Å². The van der Waals surface area contributed by atoms with Crippen molar-refractivity contribution >= 4 is 21.7 Å². The highest BCUT2D eigenvalue weighted by Gasteiger charge is 2.39. The fourth-order valence-electron chi connectivity index (χ4n) is 2.75. The number of carbonyl (C=O) groups is 2. The molecule has 0 aromatic heterocycles. The number of esters is 1. The first-order chi connectivity index (χ1) is 11.3. The van der Waals surface area contributed by atoms with Gasteiger partial charge in [0.1, 0.15) is 11.8 Å². The van der Waals surface area contributed by atoms with Crippen molar-refractivity contribution < 1.29 is 27.5 Å². The third-order valence-corrected chi connectivity index (χ3v) is 5.71. The van der Waals surface area contributed by atoms with E-state index in [1.807, 2.05) is 6.07 Å². The van der Waals surface area contributed by atoms with Crippen molar-refractivity contribution in [2.24, 2.45) is 0 Å². The van der Waals surface area contributed by atoms with Crippen LogP contribution in [0.25, 0.3) is 0 Å². The Bertz CT molecular complexity index is 688. The summed E-state index contributed by atoms with van der Waals surface area (Å²) in [5, 5.41) is 0. The van der Waals surface area contributed by atoms with Crippen LogP contribution in [-0.2, 0) is 24.2 Å². The Morgan fingerprint density at radius 3 is 2.50 bits per heavy atom. The van der Waals surface area contributed by atoms with Gasteiger partial charge in [-0.25, -0.2) is 13.2 Å². The number of benzene rings is 1. The summed E-state index contributed by atoms with van der Waals surface area (Å²) in [7, 11) is -1.96. The fraction of sp³-hybridized carbons (Fsp3) is 0.500. The average molecular weight is 355 g/mol. The minimum atomic E-state index is -3.19. The van der Waals surface area contributed by atoms with E-state index in [4.69, 9.17) is 9.47 Å². The first-order valence-corrected chi connectivity index (χ1v) is 9.43. The predicted molar refractivity (Wildman–Crippen MR) is 87.3 cm³/mol. The van der Waals surface area contributed by atoms with Crippen LogP contribution >= 0.6 is 0 Å². The zero-order valence-electron chi connectivity index (χ0n) is 13.7. The van der Waals surface area contributed by atoms with Gasteiger partial charge in [0.2, 0.25) is 0 Å². The SMILES string of the molecule is COC(=O)[C@H](C)N(C(=O)COc1ccccc1)[C@@H]1CCS(=O)(=O)C1. The molecule has 1 amide bonds. The van der Waals surface area contributed by atoms with Crippen LogP contribution in [0.15, 0.2) is 30.3 Å². The molecule has 2 rings (SSSR count). The van der Waals surface area contributed by atoms with Crippen molar-refractivity contribution in [3.05, 3.63) is 30.3 Å². The molecule has 0 radical (unpaired) electrons. The first kappa shape index (κ1) is 18.3. The number of sulfone groups is 1. The summed E-state index contributed by atoms with van der Waals surface area (Å²) in [5.41, 5.74) is 0. The van der Waals surface area contributed by atoms with E-state index in [1.165, 1.54) is 18.9 Å². The van der Waals surface area contributed by atoms with Crippen LogP contribution in [0.5, 0.6) is 5.75 Å². The molecule has 7 nitrogen and oxygen atoms in total. The molecule has 1 aromatic carbocycles. The maximum atomic E-state index is 12.6. The van der Waals surface area contributed by atoms with E-state index in [1.54, 1.807) is 24.3 Å². The second-order valence-corrected chi connectivity index (χ2v) is 7.89. The lowest BCUT2D eigenvalue weighted by atomic mass is 10.1. The third-order valence-electron chi connectivity index (χ3n) is 3.95. The topological polar surface area (TPSA) is 90.0 Å². The van der Waals surface area contributed by atoms with Crippen molar-refractivity contribution in [3.63, 3.8) is 0 Å². The van der Waals surface area contributed by atoms with Crippen molar-refractivity contribution in [2.75, 3.05) is 25.2 Å². The second kappa shape index (κ2) is 7.65. The summed E-state index contributed by atoms with van der Waals surface area (Å²) in [4.78, 5) is 25.7. The number of nitrogens with zero attached hydrogens (tertiary/aromatic N) is 1. The maximum Gasteiger partial charge on any atom is 0.328 e. The van der Waals surface area contributed by atoms with E-state index in [0.717, 1.165) is 0 Å². The van der Waals surface area contributed by atoms with Crippen molar-refractivity contribution in [1.29, 1.82) is 0 Å². The van der Waals surface area contributed by atoms with Gasteiger partial charge in [0.05, 0.1) is 18.6 Å². The summed E-state index contributed by atoms with van der Waals surface area (Å²) in [6.07, 6.45) is 0.306. The Labute approximate surface area is 141 Å². The molecule has 2 atom stereocenters. The number of hydrogen-bond donors (Lipinski definition) is 0. The zero-order valence-corrected chi connectivity index (χ0v) is 14.5. The molecular formula is C16H21NO6S. The van der Waals surface area contributed by atoms with Gasteiger partial charge in [-0.15, -0.1) is 0 Å². The molecule has 24 heavy (non-hydrogen) atoms. The molecule has 0 unspecified atom stereocenters. The van der Waals surface area contributed by atoms with Crippen molar-refractivity contribution in [2.45, 2.75) is 25.4 Å². The van der Waals surface area contributed by atoms with E-state index in [2.05, 4.69) is 0 Å². The van der Waals surface area contributed by atoms with Crippen LogP contribution < -0.4 is 4.74 Å². The number of rotatable bonds is 6. The molecular weight excluding hydrogens is 334 g/mol. The van der Waals surface area contributed by atoms with E-state index in [-0.39, 0.29) is 18.1 Å². The summed E-state index contributed by atoms with van der Waals surface area (Å²) in [6, 6.07) is 7.37. The van der Waals surface area contributed by atoms with Crippen LogP contribution in [0.3, 0.4) is 0 Å². The molecule has 0 spiro atoms. The van der Waals surface area contributed by atoms with Crippen LogP contribution in [-0.4, -0.2) is 62.5 Å². The van der Waals surface area contributed by atoms with Gasteiger partial charge in [-0.05, 0) is 25.5 Å². The van der Waals surface area contributed by atoms with Crippen LogP contribution in [0, 0.1) is 0 Å². The minimum Gasteiger partial charge on any atom is -0.484 e. The molecule has 0 bridgehead atoms. The number of hydrogen-bond acceptors (Lipinski definition) is 6. The van der Waals surface area contributed by atoms with Gasteiger partial charge < -0.3 is 14.4 Å². The van der Waals surface area contributed by atoms with Gasteiger partial charge in [0.25, 0.3) is 5.91 Å². The molecule has 1 saturated heterocycles. The lowest BCUT2D eigenvalue weighted by molar-refractivity contribution is -0.154. The quantitative estimate of drug-likeness (QED) is 0.696. The van der Waals surface area contributed by atoms with Gasteiger partial charge in [0.15, 0.2) is 16.4 Å². The number of para-hydroxylation sites is 1. The first-order valence-electron chi connectivity index (χ1n) is 7.61. The maximum absolute atomic E-state index is 12.6. The highest BCUT2D eigenvalue weighted by atomic mass is 32.2. The van der Waals surface area contributed by atoms with E-state index >= 15 is 0 Å². The van der Waals surface area contributed by atoms with Gasteiger partial charge in [-0.1, -0.05) is 18.2 Å². The van der Waals surface area contributed by atoms with E-state index in [0.29, 0.717) is 12.2 Å². The number of ether oxygens (including phenoxy) is 2. The molecule has 8 heteroatoms. The zero-order chi connectivity index (χ0) is 17.7. The van der Waals surface area contributed by atoms with Gasteiger partial charge >= 0.3 is 5.97 Å². The Morgan fingerprint density at radius 2 is 1.96 bits per heavy atom. The van der Waals surface area contributed by atoms with Crippen LogP contribution in [0.4, 0.5) is 0 Å². The van der Waals surface area contributed by atoms with E-state index < -0.39 is 33.8 Å². The lowest BCUT2D eigenvalue weighted by Gasteiger charge is -2.32. The summed E-state index contributed by atoms with van der Waals surface area (Å²) < 4.78 is 33.6. The molecule has 1 aliphatic rings. The third kappa shape index (κ3) is 4.47. The van der Waals surface area contributed by atoms with Crippen LogP contribution in [0.1, 0.15) is 13.3 Å². The molecule has 0 aliphatic carbocycles. The predicted octanol–water partition coefficient (Wildman–Crippen LogP) is 0.643. The Morgan fingerprint density at radius 1 is 1.29 bits per heavy atom. The highest BCUT2D eigenvalue weighted by molar-refractivity contribution is 7.91. The highest BCUT2D eigenvalue weighted by Crippen LogP contribution is 2.21. The monoisotopic (exact) mass is 355 g/mol. The van der Waals surface area contributed by atoms with Gasteiger partial charge in [-0.2, -0.15) is 0 Å². The largest absolute Gasteiger partial charge is 0.484 e. The lowest BCUT2D eigenvalue weighted by Crippen LogP contribution is -2.51. The van der Waals surface area contributed by atoms with Gasteiger partial charge in [0, 0.05) is 6.04 Å². The molecule has 1 heterocycles. The number of amides is 1. The molecule has 132 valence electrons. The smallest absolute Gasteiger partial charge is 0.328 e. The fourth-order valence-corrected chi connectivity index (χ4v) is 4.46.